The maximum absolute atomic E-state index is 12.8. The summed E-state index contributed by atoms with van der Waals surface area (Å²) in [4.78, 5) is 26.0. The minimum Gasteiger partial charge on any atom is -0.489 e. The van der Waals surface area contributed by atoms with Gasteiger partial charge in [0.2, 0.25) is 0 Å². The number of carbonyl (C=O) groups excluding carboxylic acids is 1. The van der Waals surface area contributed by atoms with Gasteiger partial charge in [0.15, 0.2) is 0 Å². The third kappa shape index (κ3) is 3.97. The molecule has 4 rings (SSSR count). The third-order valence-corrected chi connectivity index (χ3v) is 5.55. The van der Waals surface area contributed by atoms with Gasteiger partial charge in [0.05, 0.1) is 5.92 Å². The Bertz CT molecular complexity index is 814. The standard InChI is InChI=1S/C22H23NO4/c24-21(23-12-19(16-6-7-16)20(13-23)22(25)26)17-8-10-18(11-9-17)27-14-15-4-2-1-3-5-15/h1-5,8-11,16,19-20H,6-7,12-14H2,(H,25,26)/t19-,20+/m1/s1. The van der Waals surface area contributed by atoms with Gasteiger partial charge in [-0.1, -0.05) is 30.3 Å². The predicted molar refractivity (Wildman–Crippen MR) is 100 cm³/mol. The molecule has 140 valence electrons. The van der Waals surface area contributed by atoms with E-state index in [2.05, 4.69) is 0 Å². The SMILES string of the molecule is O=C(O)[C@H]1CN(C(=O)c2ccc(OCc3ccccc3)cc2)C[C@@H]1C1CC1. The van der Waals surface area contributed by atoms with Gasteiger partial charge in [-0.2, -0.15) is 0 Å². The monoisotopic (exact) mass is 365 g/mol. The van der Waals surface area contributed by atoms with E-state index < -0.39 is 11.9 Å². The first kappa shape index (κ1) is 17.6. The number of carboxylic acid groups (broad SMARTS) is 1. The molecule has 1 saturated carbocycles. The Kier molecular flexibility index (Phi) is 4.84. The zero-order valence-electron chi connectivity index (χ0n) is 15.1. The maximum atomic E-state index is 12.8. The van der Waals surface area contributed by atoms with Gasteiger partial charge in [0.1, 0.15) is 12.4 Å². The molecular formula is C22H23NO4. The van der Waals surface area contributed by atoms with E-state index in [0.29, 0.717) is 36.9 Å². The van der Waals surface area contributed by atoms with Crippen molar-refractivity contribution in [1.82, 2.24) is 4.90 Å². The lowest BCUT2D eigenvalue weighted by atomic mass is 9.92. The molecule has 2 atom stereocenters. The van der Waals surface area contributed by atoms with Crippen LogP contribution in [0.15, 0.2) is 54.6 Å². The number of benzene rings is 2. The molecule has 5 heteroatoms. The first-order valence-corrected chi connectivity index (χ1v) is 9.40. The van der Waals surface area contributed by atoms with Gasteiger partial charge >= 0.3 is 5.97 Å². The first-order chi connectivity index (χ1) is 13.1. The van der Waals surface area contributed by atoms with E-state index in [9.17, 15) is 14.7 Å². The van der Waals surface area contributed by atoms with Crippen LogP contribution in [0.5, 0.6) is 5.75 Å². The summed E-state index contributed by atoms with van der Waals surface area (Å²) in [5.74, 6) is -0.0468. The van der Waals surface area contributed by atoms with Gasteiger partial charge in [-0.3, -0.25) is 9.59 Å². The largest absolute Gasteiger partial charge is 0.489 e. The fourth-order valence-electron chi connectivity index (χ4n) is 3.88. The topological polar surface area (TPSA) is 66.8 Å². The number of ether oxygens (including phenoxy) is 1. The summed E-state index contributed by atoms with van der Waals surface area (Å²) in [6.07, 6.45) is 2.17. The van der Waals surface area contributed by atoms with Crippen molar-refractivity contribution in [3.8, 4) is 5.75 Å². The number of hydrogen-bond donors (Lipinski definition) is 1. The highest BCUT2D eigenvalue weighted by Crippen LogP contribution is 2.44. The number of carboxylic acids is 1. The molecule has 2 fully saturated rings. The lowest BCUT2D eigenvalue weighted by molar-refractivity contribution is -0.142. The smallest absolute Gasteiger partial charge is 0.308 e. The summed E-state index contributed by atoms with van der Waals surface area (Å²) in [6.45, 7) is 1.33. The lowest BCUT2D eigenvalue weighted by Crippen LogP contribution is -2.29. The molecule has 0 spiro atoms. The molecule has 1 aliphatic carbocycles. The third-order valence-electron chi connectivity index (χ3n) is 5.55. The highest BCUT2D eigenvalue weighted by Gasteiger charge is 2.46. The fourth-order valence-corrected chi connectivity index (χ4v) is 3.88. The van der Waals surface area contributed by atoms with Gasteiger partial charge in [-0.05, 0) is 54.5 Å². The molecule has 1 aliphatic heterocycles. The summed E-state index contributed by atoms with van der Waals surface area (Å²) in [5, 5.41) is 9.47. The maximum Gasteiger partial charge on any atom is 0.308 e. The number of rotatable bonds is 6. The van der Waals surface area contributed by atoms with Gasteiger partial charge in [-0.15, -0.1) is 0 Å². The Labute approximate surface area is 158 Å². The summed E-state index contributed by atoms with van der Waals surface area (Å²) >= 11 is 0. The fraction of sp³-hybridized carbons (Fsp3) is 0.364. The van der Waals surface area contributed by atoms with Gasteiger partial charge in [0, 0.05) is 18.7 Å². The van der Waals surface area contributed by atoms with E-state index >= 15 is 0 Å². The predicted octanol–water partition coefficient (Wildman–Crippen LogP) is 3.45. The van der Waals surface area contributed by atoms with Crippen LogP contribution < -0.4 is 4.74 Å². The van der Waals surface area contributed by atoms with Crippen molar-refractivity contribution in [1.29, 1.82) is 0 Å². The number of hydrogen-bond acceptors (Lipinski definition) is 3. The summed E-state index contributed by atoms with van der Waals surface area (Å²) in [7, 11) is 0. The van der Waals surface area contributed by atoms with Crippen LogP contribution in [0.2, 0.25) is 0 Å². The molecule has 1 N–H and O–H groups in total. The van der Waals surface area contributed by atoms with Crippen LogP contribution >= 0.6 is 0 Å². The zero-order valence-corrected chi connectivity index (χ0v) is 15.1. The Morgan fingerprint density at radius 1 is 1.00 bits per heavy atom. The Morgan fingerprint density at radius 2 is 1.70 bits per heavy atom. The molecule has 1 saturated heterocycles. The van der Waals surface area contributed by atoms with Gasteiger partial charge in [0.25, 0.3) is 5.91 Å². The van der Waals surface area contributed by atoms with Gasteiger partial charge < -0.3 is 14.7 Å². The average molecular weight is 365 g/mol. The van der Waals surface area contributed by atoms with Gasteiger partial charge in [-0.25, -0.2) is 0 Å². The highest BCUT2D eigenvalue weighted by atomic mass is 16.5. The lowest BCUT2D eigenvalue weighted by Gasteiger charge is -2.16. The number of aliphatic carboxylic acids is 1. The van der Waals surface area contributed by atoms with E-state index in [1.807, 2.05) is 30.3 Å². The van der Waals surface area contributed by atoms with Crippen molar-refractivity contribution in [3.63, 3.8) is 0 Å². The van der Waals surface area contributed by atoms with Crippen molar-refractivity contribution in [3.05, 3.63) is 65.7 Å². The quantitative estimate of drug-likeness (QED) is 0.851. The molecule has 2 aliphatic rings. The highest BCUT2D eigenvalue weighted by molar-refractivity contribution is 5.95. The Hall–Kier alpha value is -2.82. The molecule has 2 aromatic rings. The number of carbonyl (C=O) groups is 2. The second kappa shape index (κ2) is 7.43. The Morgan fingerprint density at radius 3 is 2.33 bits per heavy atom. The molecule has 0 radical (unpaired) electrons. The Balaban J connectivity index is 1.38. The second-order valence-electron chi connectivity index (χ2n) is 7.45. The molecule has 5 nitrogen and oxygen atoms in total. The van der Waals surface area contributed by atoms with Crippen molar-refractivity contribution in [2.45, 2.75) is 19.4 Å². The molecule has 0 unspecified atom stereocenters. The molecule has 1 amide bonds. The molecule has 27 heavy (non-hydrogen) atoms. The van der Waals surface area contributed by atoms with E-state index in [4.69, 9.17) is 4.74 Å². The van der Waals surface area contributed by atoms with Crippen molar-refractivity contribution in [2.24, 2.45) is 17.8 Å². The summed E-state index contributed by atoms with van der Waals surface area (Å²) in [5.41, 5.74) is 1.66. The van der Waals surface area contributed by atoms with Crippen LogP contribution in [0.1, 0.15) is 28.8 Å². The number of nitrogens with zero attached hydrogens (tertiary/aromatic N) is 1. The van der Waals surface area contributed by atoms with Crippen molar-refractivity contribution in [2.75, 3.05) is 13.1 Å². The molecule has 0 bridgehead atoms. The van der Waals surface area contributed by atoms with Crippen LogP contribution in [0.3, 0.4) is 0 Å². The summed E-state index contributed by atoms with van der Waals surface area (Å²) in [6, 6.07) is 17.0. The number of amides is 1. The van der Waals surface area contributed by atoms with E-state index in [1.54, 1.807) is 29.2 Å². The first-order valence-electron chi connectivity index (χ1n) is 9.40. The molecule has 1 heterocycles. The minimum absolute atomic E-state index is 0.0972. The van der Waals surface area contributed by atoms with Crippen LogP contribution in [0.4, 0.5) is 0 Å². The summed E-state index contributed by atoms with van der Waals surface area (Å²) < 4.78 is 5.75. The second-order valence-corrected chi connectivity index (χ2v) is 7.45. The van der Waals surface area contributed by atoms with E-state index in [-0.39, 0.29) is 11.8 Å². The van der Waals surface area contributed by atoms with E-state index in [0.717, 1.165) is 18.4 Å². The normalized spacial score (nSPS) is 21.9. The van der Waals surface area contributed by atoms with E-state index in [1.165, 1.54) is 0 Å². The number of likely N-dealkylation sites (tertiary alicyclic amines) is 1. The average Bonchev–Trinajstić information content (AvgIpc) is 3.45. The van der Waals surface area contributed by atoms with Crippen LogP contribution in [-0.2, 0) is 11.4 Å². The molecule has 0 aromatic heterocycles. The van der Waals surface area contributed by atoms with Crippen molar-refractivity contribution < 1.29 is 19.4 Å². The molecular weight excluding hydrogens is 342 g/mol. The van der Waals surface area contributed by atoms with Crippen LogP contribution in [-0.4, -0.2) is 35.0 Å². The zero-order chi connectivity index (χ0) is 18.8. The minimum atomic E-state index is -0.785. The van der Waals surface area contributed by atoms with Crippen LogP contribution in [0.25, 0.3) is 0 Å². The van der Waals surface area contributed by atoms with Crippen LogP contribution in [0, 0.1) is 17.8 Å². The van der Waals surface area contributed by atoms with Crippen molar-refractivity contribution >= 4 is 11.9 Å². The molecule has 2 aromatic carbocycles.